The van der Waals surface area contributed by atoms with Crippen molar-refractivity contribution in [1.29, 1.82) is 0 Å². The Morgan fingerprint density at radius 2 is 1.95 bits per heavy atom. The fourth-order valence-corrected chi connectivity index (χ4v) is 3.31. The second kappa shape index (κ2) is 5.02. The van der Waals surface area contributed by atoms with Gasteiger partial charge >= 0.3 is 0 Å². The van der Waals surface area contributed by atoms with Gasteiger partial charge in [0, 0.05) is 24.0 Å². The normalized spacial score (nSPS) is 24.5. The highest BCUT2D eigenvalue weighted by molar-refractivity contribution is 7.89. The molecule has 0 radical (unpaired) electrons. The molecule has 1 fully saturated rings. The Morgan fingerprint density at radius 1 is 1.26 bits per heavy atom. The zero-order valence-corrected chi connectivity index (χ0v) is 12.2. The minimum Gasteiger partial charge on any atom is -0.399 e. The molecule has 0 aromatic heterocycles. The van der Waals surface area contributed by atoms with Crippen molar-refractivity contribution in [2.24, 2.45) is 11.1 Å². The van der Waals surface area contributed by atoms with Crippen LogP contribution in [0.25, 0.3) is 0 Å². The third kappa shape index (κ3) is 3.19. The molecule has 19 heavy (non-hydrogen) atoms. The maximum absolute atomic E-state index is 11.5. The molecular formula is C13H21N3O2S. The number of primary sulfonamides is 1. The lowest BCUT2D eigenvalue weighted by Gasteiger charge is -2.38. The fraction of sp³-hybridized carbons (Fsp3) is 0.538. The number of hydrogen-bond acceptors (Lipinski definition) is 4. The van der Waals surface area contributed by atoms with Gasteiger partial charge in [-0.25, -0.2) is 13.6 Å². The first-order valence-electron chi connectivity index (χ1n) is 6.47. The van der Waals surface area contributed by atoms with E-state index in [9.17, 15) is 8.42 Å². The molecule has 5 nitrogen and oxygen atoms in total. The number of nitrogen functional groups attached to an aromatic ring is 1. The number of rotatable bonds is 2. The summed E-state index contributed by atoms with van der Waals surface area (Å²) < 4.78 is 22.9. The highest BCUT2D eigenvalue weighted by Crippen LogP contribution is 2.30. The van der Waals surface area contributed by atoms with Gasteiger partial charge in [-0.05, 0) is 43.9 Å². The molecule has 1 aromatic rings. The zero-order valence-electron chi connectivity index (χ0n) is 11.3. The van der Waals surface area contributed by atoms with Crippen molar-refractivity contribution in [3.05, 3.63) is 18.2 Å². The summed E-state index contributed by atoms with van der Waals surface area (Å²) in [5.41, 5.74) is 7.05. The third-order valence-electron chi connectivity index (χ3n) is 3.71. The number of nitrogens with zero attached hydrogens (tertiary/aromatic N) is 1. The molecule has 2 unspecified atom stereocenters. The van der Waals surface area contributed by atoms with Gasteiger partial charge in [-0.2, -0.15) is 0 Å². The van der Waals surface area contributed by atoms with E-state index in [1.165, 1.54) is 6.07 Å². The largest absolute Gasteiger partial charge is 0.399 e. The molecule has 2 atom stereocenters. The van der Waals surface area contributed by atoms with E-state index in [0.29, 0.717) is 17.6 Å². The monoisotopic (exact) mass is 283 g/mol. The van der Waals surface area contributed by atoms with Gasteiger partial charge in [0.2, 0.25) is 10.0 Å². The van der Waals surface area contributed by atoms with Crippen LogP contribution >= 0.6 is 0 Å². The molecule has 0 spiro atoms. The Balaban J connectivity index is 2.37. The fourth-order valence-electron chi connectivity index (χ4n) is 2.73. The van der Waals surface area contributed by atoms with E-state index < -0.39 is 10.0 Å². The molecule has 2 rings (SSSR count). The van der Waals surface area contributed by atoms with E-state index in [-0.39, 0.29) is 4.90 Å². The average Bonchev–Trinajstić information content (AvgIpc) is 2.26. The van der Waals surface area contributed by atoms with Gasteiger partial charge in [0.05, 0.1) is 4.90 Å². The van der Waals surface area contributed by atoms with Gasteiger partial charge in [-0.3, -0.25) is 0 Å². The molecule has 0 saturated carbocycles. The number of anilines is 2. The summed E-state index contributed by atoms with van der Waals surface area (Å²) in [6.45, 7) is 5.30. The molecular weight excluding hydrogens is 262 g/mol. The van der Waals surface area contributed by atoms with Crippen LogP contribution in [0.3, 0.4) is 0 Å². The molecule has 1 aromatic carbocycles. The van der Waals surface area contributed by atoms with Crippen molar-refractivity contribution in [2.45, 2.75) is 37.6 Å². The topological polar surface area (TPSA) is 89.4 Å². The molecule has 1 heterocycles. The average molecular weight is 283 g/mol. The standard InChI is InChI=1S/C13H21N3O2S/c1-9-3-4-16(10(2)5-9)12-6-11(14)7-13(8-12)19(15,17)18/h6-10H,3-5,14H2,1-2H3,(H2,15,17,18). The zero-order chi connectivity index (χ0) is 14.2. The van der Waals surface area contributed by atoms with E-state index >= 15 is 0 Å². The first kappa shape index (κ1) is 14.1. The quantitative estimate of drug-likeness (QED) is 0.806. The van der Waals surface area contributed by atoms with Crippen molar-refractivity contribution < 1.29 is 8.42 Å². The van der Waals surface area contributed by atoms with Crippen molar-refractivity contribution >= 4 is 21.4 Å². The molecule has 0 amide bonds. The molecule has 0 aliphatic carbocycles. The summed E-state index contributed by atoms with van der Waals surface area (Å²) in [6.07, 6.45) is 2.20. The van der Waals surface area contributed by atoms with Gasteiger partial charge in [0.25, 0.3) is 0 Å². The Bertz CT molecular complexity index is 571. The lowest BCUT2D eigenvalue weighted by Crippen LogP contribution is -2.40. The van der Waals surface area contributed by atoms with Crippen molar-refractivity contribution in [3.8, 4) is 0 Å². The summed E-state index contributed by atoms with van der Waals surface area (Å²) in [6, 6.07) is 5.19. The number of nitrogens with two attached hydrogens (primary N) is 2. The molecule has 106 valence electrons. The molecule has 0 bridgehead atoms. The van der Waals surface area contributed by atoms with Gasteiger partial charge in [0.1, 0.15) is 0 Å². The van der Waals surface area contributed by atoms with Crippen LogP contribution in [0.15, 0.2) is 23.1 Å². The first-order valence-corrected chi connectivity index (χ1v) is 8.02. The van der Waals surface area contributed by atoms with Gasteiger partial charge in [0.15, 0.2) is 0 Å². The van der Waals surface area contributed by atoms with Crippen molar-refractivity contribution in [2.75, 3.05) is 17.2 Å². The number of hydrogen-bond donors (Lipinski definition) is 2. The molecule has 1 saturated heterocycles. The molecule has 1 aliphatic rings. The second-order valence-electron chi connectivity index (χ2n) is 5.48. The predicted octanol–water partition coefficient (Wildman–Crippen LogP) is 1.54. The number of sulfonamides is 1. The Hall–Kier alpha value is -1.27. The van der Waals surface area contributed by atoms with Gasteiger partial charge in [-0.1, -0.05) is 6.92 Å². The van der Waals surface area contributed by atoms with Crippen LogP contribution < -0.4 is 15.8 Å². The van der Waals surface area contributed by atoms with Crippen LogP contribution in [0.1, 0.15) is 26.7 Å². The van der Waals surface area contributed by atoms with Crippen LogP contribution in [0.5, 0.6) is 0 Å². The molecule has 4 N–H and O–H groups in total. The lowest BCUT2D eigenvalue weighted by molar-refractivity contribution is 0.378. The van der Waals surface area contributed by atoms with E-state index in [2.05, 4.69) is 18.7 Å². The smallest absolute Gasteiger partial charge is 0.238 e. The summed E-state index contributed by atoms with van der Waals surface area (Å²) in [5, 5.41) is 5.18. The van der Waals surface area contributed by atoms with E-state index in [0.717, 1.165) is 25.1 Å². The van der Waals surface area contributed by atoms with Crippen molar-refractivity contribution in [1.82, 2.24) is 0 Å². The lowest BCUT2D eigenvalue weighted by atomic mass is 9.93. The summed E-state index contributed by atoms with van der Waals surface area (Å²) in [5.74, 6) is 0.699. The van der Waals surface area contributed by atoms with Crippen molar-refractivity contribution in [3.63, 3.8) is 0 Å². The third-order valence-corrected chi connectivity index (χ3v) is 4.60. The first-order chi connectivity index (χ1) is 8.77. The number of piperidine rings is 1. The minimum atomic E-state index is -3.72. The van der Waals surface area contributed by atoms with Crippen LogP contribution in [-0.2, 0) is 10.0 Å². The van der Waals surface area contributed by atoms with E-state index in [1.807, 2.05) is 0 Å². The SMILES string of the molecule is CC1CCN(c2cc(N)cc(S(N)(=O)=O)c2)C(C)C1. The molecule has 6 heteroatoms. The van der Waals surface area contributed by atoms with Gasteiger partial charge in [-0.15, -0.1) is 0 Å². The Labute approximate surface area is 114 Å². The predicted molar refractivity (Wildman–Crippen MR) is 77.4 cm³/mol. The Kier molecular flexibility index (Phi) is 3.73. The van der Waals surface area contributed by atoms with Crippen LogP contribution in [0.4, 0.5) is 11.4 Å². The van der Waals surface area contributed by atoms with E-state index in [4.69, 9.17) is 10.9 Å². The molecule has 1 aliphatic heterocycles. The summed E-state index contributed by atoms with van der Waals surface area (Å²) in [4.78, 5) is 2.28. The summed E-state index contributed by atoms with van der Waals surface area (Å²) in [7, 11) is -3.72. The highest BCUT2D eigenvalue weighted by atomic mass is 32.2. The minimum absolute atomic E-state index is 0.0771. The van der Waals surface area contributed by atoms with Crippen LogP contribution in [0, 0.1) is 5.92 Å². The maximum Gasteiger partial charge on any atom is 0.238 e. The second-order valence-corrected chi connectivity index (χ2v) is 7.04. The number of benzene rings is 1. The van der Waals surface area contributed by atoms with Gasteiger partial charge < -0.3 is 10.6 Å². The Morgan fingerprint density at radius 3 is 2.53 bits per heavy atom. The highest BCUT2D eigenvalue weighted by Gasteiger charge is 2.24. The maximum atomic E-state index is 11.5. The summed E-state index contributed by atoms with van der Waals surface area (Å²) >= 11 is 0. The van der Waals surface area contributed by atoms with Crippen LogP contribution in [0.2, 0.25) is 0 Å². The van der Waals surface area contributed by atoms with E-state index in [1.54, 1.807) is 12.1 Å². The van der Waals surface area contributed by atoms with Crippen LogP contribution in [-0.4, -0.2) is 21.0 Å².